The molecule has 0 aliphatic heterocycles. The minimum Gasteiger partial charge on any atom is -0.481 e. The van der Waals surface area contributed by atoms with Crippen molar-refractivity contribution in [2.24, 2.45) is 0 Å². The van der Waals surface area contributed by atoms with Crippen LogP contribution < -0.4 is 15.4 Å². The first-order valence-corrected chi connectivity index (χ1v) is 15.8. The highest BCUT2D eigenvalue weighted by Crippen LogP contribution is 2.39. The Balaban J connectivity index is 1.68. The van der Waals surface area contributed by atoms with E-state index >= 15 is 4.39 Å². The Labute approximate surface area is 282 Å². The number of hydrogen-bond donors (Lipinski definition) is 3. The van der Waals surface area contributed by atoms with Crippen molar-refractivity contribution in [1.29, 1.82) is 0 Å². The molecule has 0 spiro atoms. The number of carboxylic acid groups (broad SMARTS) is 1. The Bertz CT molecular complexity index is 1780. The van der Waals surface area contributed by atoms with Crippen LogP contribution in [0.5, 0.6) is 5.75 Å². The molecule has 49 heavy (non-hydrogen) atoms. The van der Waals surface area contributed by atoms with Gasteiger partial charge in [0.05, 0.1) is 18.0 Å². The molecule has 0 unspecified atom stereocenters. The molecule has 2 atom stereocenters. The summed E-state index contributed by atoms with van der Waals surface area (Å²) in [5.41, 5.74) is 5.87. The van der Waals surface area contributed by atoms with Gasteiger partial charge in [0.1, 0.15) is 11.6 Å². The van der Waals surface area contributed by atoms with Gasteiger partial charge in [0.2, 0.25) is 5.91 Å². The lowest BCUT2D eigenvalue weighted by Gasteiger charge is -2.28. The molecule has 0 aliphatic carbocycles. The fourth-order valence-electron chi connectivity index (χ4n) is 6.16. The van der Waals surface area contributed by atoms with Gasteiger partial charge in [0.25, 0.3) is 5.91 Å². The fraction of sp³-hybridized carbons (Fsp3) is 0.289. The monoisotopic (exact) mass is 678 g/mol. The van der Waals surface area contributed by atoms with E-state index < -0.39 is 47.5 Å². The standard InChI is InChI=1S/C38H38F4N2O5/c1-5-6-30(25-7-9-27(10-8-25)36(47)43-18-17-33(45)46)35(26-11-14-29(15-12-26)49-38(40,41)42)37(48)44-32-16-13-28(21-31(32)39)34-23(3)19-22(2)20-24(34)4/h7-16,19-21,30,35H,5-6,17-18H2,1-4H3,(H,43,47)(H,44,48)(H,45,46)/t30-,35+/m0/s1. The number of carboxylic acids is 1. The summed E-state index contributed by atoms with van der Waals surface area (Å²) in [6, 6.07) is 20.1. The van der Waals surface area contributed by atoms with Gasteiger partial charge in [-0.1, -0.05) is 61.4 Å². The van der Waals surface area contributed by atoms with Crippen LogP contribution in [0.3, 0.4) is 0 Å². The minimum absolute atomic E-state index is 0.0492. The van der Waals surface area contributed by atoms with Crippen LogP contribution in [-0.2, 0) is 9.59 Å². The number of benzene rings is 4. The summed E-state index contributed by atoms with van der Waals surface area (Å²) in [6.45, 7) is 7.75. The summed E-state index contributed by atoms with van der Waals surface area (Å²) in [6.07, 6.45) is -4.04. The predicted octanol–water partition coefficient (Wildman–Crippen LogP) is 8.83. The number of nitrogens with one attached hydrogen (secondary N) is 2. The van der Waals surface area contributed by atoms with Crippen LogP contribution in [-0.4, -0.2) is 35.8 Å². The molecule has 3 N–H and O–H groups in total. The molecular weight excluding hydrogens is 640 g/mol. The third kappa shape index (κ3) is 9.68. The van der Waals surface area contributed by atoms with Crippen molar-refractivity contribution in [1.82, 2.24) is 5.32 Å². The molecule has 0 saturated carbocycles. The van der Waals surface area contributed by atoms with E-state index in [9.17, 15) is 27.6 Å². The smallest absolute Gasteiger partial charge is 0.481 e. The maximum Gasteiger partial charge on any atom is 0.573 e. The SMILES string of the molecule is CCC[C@@H](c1ccc(C(=O)NCCC(=O)O)cc1)[C@H](C(=O)Nc1ccc(-c2c(C)cc(C)cc2C)cc1F)c1ccc(OC(F)(F)F)cc1. The lowest BCUT2D eigenvalue weighted by Crippen LogP contribution is -2.28. The third-order valence-corrected chi connectivity index (χ3v) is 8.18. The summed E-state index contributed by atoms with van der Waals surface area (Å²) in [5, 5.41) is 14.1. The van der Waals surface area contributed by atoms with E-state index in [-0.39, 0.29) is 24.2 Å². The molecule has 0 bridgehead atoms. The van der Waals surface area contributed by atoms with Crippen LogP contribution in [0.25, 0.3) is 11.1 Å². The molecule has 0 fully saturated rings. The van der Waals surface area contributed by atoms with Gasteiger partial charge in [-0.3, -0.25) is 14.4 Å². The highest BCUT2D eigenvalue weighted by Gasteiger charge is 2.33. The zero-order valence-corrected chi connectivity index (χ0v) is 27.6. The number of amides is 2. The first-order valence-electron chi connectivity index (χ1n) is 15.8. The molecule has 258 valence electrons. The summed E-state index contributed by atoms with van der Waals surface area (Å²) in [4.78, 5) is 37.4. The third-order valence-electron chi connectivity index (χ3n) is 8.18. The van der Waals surface area contributed by atoms with Gasteiger partial charge in [-0.15, -0.1) is 13.2 Å². The van der Waals surface area contributed by atoms with Gasteiger partial charge in [-0.05, 0) is 103 Å². The molecule has 0 saturated heterocycles. The van der Waals surface area contributed by atoms with Gasteiger partial charge in [-0.2, -0.15) is 0 Å². The molecule has 0 aromatic heterocycles. The van der Waals surface area contributed by atoms with E-state index in [1.54, 1.807) is 30.3 Å². The van der Waals surface area contributed by atoms with Crippen LogP contribution in [0.4, 0.5) is 23.2 Å². The Morgan fingerprint density at radius 2 is 1.47 bits per heavy atom. The molecule has 0 aliphatic rings. The molecule has 4 aromatic rings. The first-order chi connectivity index (χ1) is 23.2. The second-order valence-electron chi connectivity index (χ2n) is 12.0. The highest BCUT2D eigenvalue weighted by atomic mass is 19.4. The van der Waals surface area contributed by atoms with Crippen molar-refractivity contribution in [3.05, 3.63) is 118 Å². The molecule has 4 rings (SSSR count). The van der Waals surface area contributed by atoms with Crippen LogP contribution >= 0.6 is 0 Å². The summed E-state index contributed by atoms with van der Waals surface area (Å²) >= 11 is 0. The van der Waals surface area contributed by atoms with E-state index in [2.05, 4.69) is 15.4 Å². The zero-order chi connectivity index (χ0) is 35.9. The first kappa shape index (κ1) is 36.6. The molecule has 11 heteroatoms. The number of alkyl halides is 3. The fourth-order valence-corrected chi connectivity index (χ4v) is 6.16. The number of rotatable bonds is 13. The minimum atomic E-state index is -4.90. The van der Waals surface area contributed by atoms with Crippen LogP contribution in [0.2, 0.25) is 0 Å². The molecule has 0 heterocycles. The van der Waals surface area contributed by atoms with Crippen molar-refractivity contribution in [2.75, 3.05) is 11.9 Å². The van der Waals surface area contributed by atoms with Gasteiger partial charge >= 0.3 is 12.3 Å². The van der Waals surface area contributed by atoms with E-state index in [1.165, 1.54) is 24.3 Å². The average molecular weight is 679 g/mol. The lowest BCUT2D eigenvalue weighted by atomic mass is 9.78. The van der Waals surface area contributed by atoms with Crippen molar-refractivity contribution >= 4 is 23.5 Å². The predicted molar refractivity (Wildman–Crippen MR) is 179 cm³/mol. The lowest BCUT2D eigenvalue weighted by molar-refractivity contribution is -0.274. The van der Waals surface area contributed by atoms with Gasteiger partial charge in [0.15, 0.2) is 0 Å². The Morgan fingerprint density at radius 3 is 2.02 bits per heavy atom. The number of ether oxygens (including phenoxy) is 1. The Kier molecular flexibility index (Phi) is 11.8. The van der Waals surface area contributed by atoms with Gasteiger partial charge < -0.3 is 20.5 Å². The summed E-state index contributed by atoms with van der Waals surface area (Å²) < 4.78 is 58.3. The normalized spacial score (nSPS) is 12.6. The summed E-state index contributed by atoms with van der Waals surface area (Å²) in [5.74, 6) is -4.70. The van der Waals surface area contributed by atoms with Crippen molar-refractivity contribution in [2.45, 2.75) is 65.2 Å². The van der Waals surface area contributed by atoms with Gasteiger partial charge in [0, 0.05) is 12.1 Å². The topological polar surface area (TPSA) is 105 Å². The highest BCUT2D eigenvalue weighted by molar-refractivity contribution is 5.97. The van der Waals surface area contributed by atoms with Crippen molar-refractivity contribution in [3.8, 4) is 16.9 Å². The van der Waals surface area contributed by atoms with Crippen LogP contribution in [0, 0.1) is 26.6 Å². The number of carbonyl (C=O) groups is 3. The second kappa shape index (κ2) is 15.8. The molecule has 0 radical (unpaired) electrons. The maximum atomic E-state index is 15.6. The van der Waals surface area contributed by atoms with Crippen LogP contribution in [0.15, 0.2) is 78.9 Å². The number of hydrogen-bond acceptors (Lipinski definition) is 4. The quantitative estimate of drug-likeness (QED) is 0.123. The second-order valence-corrected chi connectivity index (χ2v) is 12.0. The number of halogens is 4. The molecule has 2 amide bonds. The Hall–Kier alpha value is -5.19. The molecule has 4 aromatic carbocycles. The maximum absolute atomic E-state index is 15.6. The van der Waals surface area contributed by atoms with Crippen LogP contribution in [0.1, 0.15) is 76.2 Å². The Morgan fingerprint density at radius 1 is 0.857 bits per heavy atom. The molecular formula is C38H38F4N2O5. The van der Waals surface area contributed by atoms with Crippen molar-refractivity contribution < 1.29 is 41.8 Å². The van der Waals surface area contributed by atoms with E-state index in [1.807, 2.05) is 39.8 Å². The number of carbonyl (C=O) groups excluding carboxylic acids is 2. The number of aliphatic carboxylic acids is 1. The largest absolute Gasteiger partial charge is 0.573 e. The summed E-state index contributed by atoms with van der Waals surface area (Å²) in [7, 11) is 0. The van der Waals surface area contributed by atoms with E-state index in [0.29, 0.717) is 29.5 Å². The molecule has 7 nitrogen and oxygen atoms in total. The number of anilines is 1. The van der Waals surface area contributed by atoms with E-state index in [0.717, 1.165) is 34.4 Å². The average Bonchev–Trinajstić information content (AvgIpc) is 3.01. The zero-order valence-electron chi connectivity index (χ0n) is 27.6. The number of aryl methyl sites for hydroxylation is 3. The van der Waals surface area contributed by atoms with Crippen molar-refractivity contribution in [3.63, 3.8) is 0 Å². The van der Waals surface area contributed by atoms with E-state index in [4.69, 9.17) is 5.11 Å². The van der Waals surface area contributed by atoms with Gasteiger partial charge in [-0.25, -0.2) is 4.39 Å².